The maximum Gasteiger partial charge on any atom is 0.247 e. The van der Waals surface area contributed by atoms with Crippen LogP contribution in [0.15, 0.2) is 11.6 Å². The topological polar surface area (TPSA) is 52.9 Å². The van der Waals surface area contributed by atoms with E-state index in [1.165, 1.54) is 0 Å². The van der Waals surface area contributed by atoms with Gasteiger partial charge in [0, 0.05) is 5.57 Å². The second kappa shape index (κ2) is 4.66. The van der Waals surface area contributed by atoms with Crippen LogP contribution in [0.5, 0.6) is 0 Å². The number of hydrogen-bond donors (Lipinski definition) is 1. The standard InChI is InChI=1S/C10H16N2O/c1-8(7-10(2,3)4)9(13)12-6-5-11/h7H,6H2,1-4H3,(H,12,13)/b8-7+. The van der Waals surface area contributed by atoms with Crippen LogP contribution in [0.25, 0.3) is 0 Å². The summed E-state index contributed by atoms with van der Waals surface area (Å²) in [5.74, 6) is -0.170. The summed E-state index contributed by atoms with van der Waals surface area (Å²) < 4.78 is 0. The molecule has 0 bridgehead atoms. The minimum atomic E-state index is -0.170. The van der Waals surface area contributed by atoms with Crippen molar-refractivity contribution in [3.05, 3.63) is 11.6 Å². The third-order valence-electron chi connectivity index (χ3n) is 1.34. The Kier molecular flexibility index (Phi) is 4.19. The molecule has 0 aliphatic rings. The Labute approximate surface area is 79.4 Å². The molecule has 0 unspecified atom stereocenters. The Morgan fingerprint density at radius 1 is 1.54 bits per heavy atom. The van der Waals surface area contributed by atoms with Crippen LogP contribution < -0.4 is 5.32 Å². The van der Waals surface area contributed by atoms with Crippen molar-refractivity contribution in [2.75, 3.05) is 6.54 Å². The van der Waals surface area contributed by atoms with Gasteiger partial charge in [-0.15, -0.1) is 0 Å². The molecular formula is C10H16N2O. The van der Waals surface area contributed by atoms with E-state index in [4.69, 9.17) is 5.26 Å². The van der Waals surface area contributed by atoms with Gasteiger partial charge in [-0.2, -0.15) is 5.26 Å². The van der Waals surface area contributed by atoms with E-state index >= 15 is 0 Å². The number of carbonyl (C=O) groups excluding carboxylic acids is 1. The minimum Gasteiger partial charge on any atom is -0.339 e. The van der Waals surface area contributed by atoms with Gasteiger partial charge in [-0.3, -0.25) is 4.79 Å². The number of rotatable bonds is 2. The third-order valence-corrected chi connectivity index (χ3v) is 1.34. The zero-order valence-electron chi connectivity index (χ0n) is 8.64. The second-order valence-electron chi connectivity index (χ2n) is 4.03. The summed E-state index contributed by atoms with van der Waals surface area (Å²) in [6.07, 6.45) is 1.89. The zero-order valence-corrected chi connectivity index (χ0v) is 8.64. The Morgan fingerprint density at radius 2 is 2.08 bits per heavy atom. The zero-order chi connectivity index (χ0) is 10.5. The van der Waals surface area contributed by atoms with Crippen LogP contribution in [0.2, 0.25) is 0 Å². The Morgan fingerprint density at radius 3 is 2.46 bits per heavy atom. The molecule has 0 radical (unpaired) electrons. The Balaban J connectivity index is 4.27. The van der Waals surface area contributed by atoms with Crippen molar-refractivity contribution >= 4 is 5.91 Å². The molecule has 1 amide bonds. The van der Waals surface area contributed by atoms with Crippen LogP contribution in [-0.4, -0.2) is 12.5 Å². The minimum absolute atomic E-state index is 0.00589. The molecule has 0 fully saturated rings. The van der Waals surface area contributed by atoms with Crippen LogP contribution in [0.3, 0.4) is 0 Å². The lowest BCUT2D eigenvalue weighted by molar-refractivity contribution is -0.117. The second-order valence-corrected chi connectivity index (χ2v) is 4.03. The average Bonchev–Trinajstić information content (AvgIpc) is 1.96. The molecule has 0 aliphatic carbocycles. The molecule has 3 nitrogen and oxygen atoms in total. The third kappa shape index (κ3) is 5.92. The van der Waals surface area contributed by atoms with E-state index in [1.54, 1.807) is 6.92 Å². The fraction of sp³-hybridized carbons (Fsp3) is 0.600. The van der Waals surface area contributed by atoms with Gasteiger partial charge < -0.3 is 5.32 Å². The molecule has 13 heavy (non-hydrogen) atoms. The van der Waals surface area contributed by atoms with Crippen LogP contribution in [0.1, 0.15) is 27.7 Å². The summed E-state index contributed by atoms with van der Waals surface area (Å²) in [6.45, 7) is 7.88. The quantitative estimate of drug-likeness (QED) is 0.518. The van der Waals surface area contributed by atoms with Gasteiger partial charge in [0.1, 0.15) is 6.54 Å². The highest BCUT2D eigenvalue weighted by Gasteiger charge is 2.10. The van der Waals surface area contributed by atoms with Gasteiger partial charge in [-0.05, 0) is 12.3 Å². The first-order chi connectivity index (χ1) is 5.87. The highest BCUT2D eigenvalue weighted by Crippen LogP contribution is 2.17. The summed E-state index contributed by atoms with van der Waals surface area (Å²) in [4.78, 5) is 11.2. The van der Waals surface area contributed by atoms with Gasteiger partial charge in [0.05, 0.1) is 6.07 Å². The normalized spacial score (nSPS) is 12.1. The van der Waals surface area contributed by atoms with Gasteiger partial charge in [-0.25, -0.2) is 0 Å². The van der Waals surface area contributed by atoms with Gasteiger partial charge in [0.25, 0.3) is 0 Å². The van der Waals surface area contributed by atoms with Crippen LogP contribution in [0.4, 0.5) is 0 Å². The number of hydrogen-bond acceptors (Lipinski definition) is 2. The molecule has 0 saturated heterocycles. The first-order valence-corrected chi connectivity index (χ1v) is 4.21. The molecule has 72 valence electrons. The van der Waals surface area contributed by atoms with Crippen molar-refractivity contribution in [1.82, 2.24) is 5.32 Å². The van der Waals surface area contributed by atoms with Crippen LogP contribution in [-0.2, 0) is 4.79 Å². The highest BCUT2D eigenvalue weighted by molar-refractivity contribution is 5.92. The van der Waals surface area contributed by atoms with E-state index in [2.05, 4.69) is 5.32 Å². The largest absolute Gasteiger partial charge is 0.339 e. The van der Waals surface area contributed by atoms with Crippen molar-refractivity contribution in [2.24, 2.45) is 5.41 Å². The molecule has 0 spiro atoms. The van der Waals surface area contributed by atoms with Crippen molar-refractivity contribution in [2.45, 2.75) is 27.7 Å². The lowest BCUT2D eigenvalue weighted by Crippen LogP contribution is -2.25. The van der Waals surface area contributed by atoms with E-state index < -0.39 is 0 Å². The lowest BCUT2D eigenvalue weighted by atomic mass is 9.94. The Hall–Kier alpha value is -1.30. The van der Waals surface area contributed by atoms with Crippen LogP contribution >= 0.6 is 0 Å². The maximum atomic E-state index is 11.2. The molecule has 0 saturated carbocycles. The fourth-order valence-electron chi connectivity index (χ4n) is 0.974. The molecule has 0 aromatic carbocycles. The number of amides is 1. The number of nitrogens with zero attached hydrogens (tertiary/aromatic N) is 1. The van der Waals surface area contributed by atoms with Gasteiger partial charge in [-0.1, -0.05) is 26.8 Å². The van der Waals surface area contributed by atoms with Gasteiger partial charge in [0.2, 0.25) is 5.91 Å². The van der Waals surface area contributed by atoms with E-state index in [0.717, 1.165) is 0 Å². The predicted octanol–water partition coefficient (Wildman–Crippen LogP) is 1.62. The van der Waals surface area contributed by atoms with Crippen LogP contribution in [0, 0.1) is 16.7 Å². The summed E-state index contributed by atoms with van der Waals surface area (Å²) in [5.41, 5.74) is 0.649. The Bertz CT molecular complexity index is 253. The molecule has 3 heteroatoms. The molecule has 0 rings (SSSR count). The molecule has 0 heterocycles. The monoisotopic (exact) mass is 180 g/mol. The first-order valence-electron chi connectivity index (χ1n) is 4.21. The number of carbonyl (C=O) groups is 1. The van der Waals surface area contributed by atoms with Crippen molar-refractivity contribution in [3.8, 4) is 6.07 Å². The molecule has 0 aromatic heterocycles. The van der Waals surface area contributed by atoms with Crippen molar-refractivity contribution < 1.29 is 4.79 Å². The van der Waals surface area contributed by atoms with E-state index in [0.29, 0.717) is 5.57 Å². The summed E-state index contributed by atoms with van der Waals surface area (Å²) in [5, 5.41) is 10.7. The average molecular weight is 180 g/mol. The molecule has 0 aliphatic heterocycles. The lowest BCUT2D eigenvalue weighted by Gasteiger charge is -2.13. The smallest absolute Gasteiger partial charge is 0.247 e. The fourth-order valence-corrected chi connectivity index (χ4v) is 0.974. The molecule has 0 aromatic rings. The van der Waals surface area contributed by atoms with Crippen molar-refractivity contribution in [3.63, 3.8) is 0 Å². The van der Waals surface area contributed by atoms with Gasteiger partial charge >= 0.3 is 0 Å². The van der Waals surface area contributed by atoms with Crippen molar-refractivity contribution in [1.29, 1.82) is 5.26 Å². The summed E-state index contributed by atoms with van der Waals surface area (Å²) in [7, 11) is 0. The summed E-state index contributed by atoms with van der Waals surface area (Å²) in [6, 6.07) is 1.86. The van der Waals surface area contributed by atoms with E-state index in [9.17, 15) is 4.79 Å². The molecule has 1 N–H and O–H groups in total. The number of nitrogens with one attached hydrogen (secondary N) is 1. The van der Waals surface area contributed by atoms with Gasteiger partial charge in [0.15, 0.2) is 0 Å². The van der Waals surface area contributed by atoms with E-state index in [1.807, 2.05) is 32.9 Å². The number of nitriles is 1. The maximum absolute atomic E-state index is 11.2. The first kappa shape index (κ1) is 11.7. The highest BCUT2D eigenvalue weighted by atomic mass is 16.1. The molecular weight excluding hydrogens is 164 g/mol. The molecule has 0 atom stereocenters. The summed E-state index contributed by atoms with van der Waals surface area (Å²) >= 11 is 0. The number of allylic oxidation sites excluding steroid dienone is 1. The van der Waals surface area contributed by atoms with E-state index in [-0.39, 0.29) is 17.9 Å². The SMILES string of the molecule is C/C(=C\C(C)(C)C)C(=O)NCC#N. The predicted molar refractivity (Wildman–Crippen MR) is 51.8 cm³/mol.